The molecular weight excluding hydrogens is 140 g/mol. The second-order valence-electron chi connectivity index (χ2n) is 4.03. The molecule has 2 bridgehead atoms. The van der Waals surface area contributed by atoms with Gasteiger partial charge in [0.2, 0.25) is 0 Å². The molecule has 0 aromatic carbocycles. The van der Waals surface area contributed by atoms with E-state index in [4.69, 9.17) is 10.2 Å². The van der Waals surface area contributed by atoms with Crippen LogP contribution in [0.5, 0.6) is 0 Å². The molecule has 0 aromatic rings. The third kappa shape index (κ3) is 1.00. The number of rotatable bonds is 2. The van der Waals surface area contributed by atoms with Crippen molar-refractivity contribution in [2.24, 2.45) is 23.7 Å². The van der Waals surface area contributed by atoms with Gasteiger partial charge in [-0.2, -0.15) is 0 Å². The van der Waals surface area contributed by atoms with Crippen molar-refractivity contribution < 1.29 is 10.2 Å². The lowest BCUT2D eigenvalue weighted by Crippen LogP contribution is -2.27. The van der Waals surface area contributed by atoms with Crippen LogP contribution in [-0.4, -0.2) is 23.4 Å². The van der Waals surface area contributed by atoms with Gasteiger partial charge in [0.15, 0.2) is 0 Å². The van der Waals surface area contributed by atoms with E-state index in [2.05, 4.69) is 0 Å². The van der Waals surface area contributed by atoms with Crippen LogP contribution in [-0.2, 0) is 0 Å². The van der Waals surface area contributed by atoms with Gasteiger partial charge >= 0.3 is 0 Å². The van der Waals surface area contributed by atoms with E-state index in [0.717, 1.165) is 11.8 Å². The highest BCUT2D eigenvalue weighted by molar-refractivity contribution is 4.95. The SMILES string of the molecule is OC[C@@H]1[C@@H]2CC[C@H](C2)[C@@H]1CO. The monoisotopic (exact) mass is 156 g/mol. The van der Waals surface area contributed by atoms with Crippen LogP contribution in [0.1, 0.15) is 19.3 Å². The molecular formula is C9H16O2. The van der Waals surface area contributed by atoms with Crippen molar-refractivity contribution in [2.45, 2.75) is 19.3 Å². The van der Waals surface area contributed by atoms with Gasteiger partial charge in [-0.25, -0.2) is 0 Å². The standard InChI is InChI=1S/C9H16O2/c10-4-8-6-1-2-7(3-6)9(8)5-11/h6-11H,1-5H2/t6-,7-,8-,9+/m1/s1. The van der Waals surface area contributed by atoms with E-state index in [1.54, 1.807) is 0 Å². The normalized spacial score (nSPS) is 48.5. The van der Waals surface area contributed by atoms with Crippen molar-refractivity contribution in [1.29, 1.82) is 0 Å². The summed E-state index contributed by atoms with van der Waals surface area (Å²) >= 11 is 0. The largest absolute Gasteiger partial charge is 0.396 e. The highest BCUT2D eigenvalue weighted by Gasteiger charge is 2.46. The maximum atomic E-state index is 9.08. The molecule has 0 aliphatic heterocycles. The summed E-state index contributed by atoms with van der Waals surface area (Å²) in [4.78, 5) is 0. The summed E-state index contributed by atoms with van der Waals surface area (Å²) < 4.78 is 0. The van der Waals surface area contributed by atoms with E-state index in [1.165, 1.54) is 19.3 Å². The van der Waals surface area contributed by atoms with E-state index < -0.39 is 0 Å². The Morgan fingerprint density at radius 1 is 0.909 bits per heavy atom. The summed E-state index contributed by atoms with van der Waals surface area (Å²) in [5.41, 5.74) is 0. The Bertz CT molecular complexity index is 130. The van der Waals surface area contributed by atoms with Crippen LogP contribution in [0.15, 0.2) is 0 Å². The Morgan fingerprint density at radius 2 is 1.36 bits per heavy atom. The van der Waals surface area contributed by atoms with Crippen molar-refractivity contribution in [3.8, 4) is 0 Å². The minimum atomic E-state index is 0.284. The van der Waals surface area contributed by atoms with Crippen LogP contribution in [0.3, 0.4) is 0 Å². The lowest BCUT2D eigenvalue weighted by Gasteiger charge is -2.27. The molecule has 0 spiro atoms. The first kappa shape index (κ1) is 7.56. The molecule has 0 saturated heterocycles. The molecule has 2 N–H and O–H groups in total. The molecule has 2 heteroatoms. The zero-order valence-electron chi connectivity index (χ0n) is 6.74. The zero-order chi connectivity index (χ0) is 7.84. The second kappa shape index (κ2) is 2.76. The van der Waals surface area contributed by atoms with Crippen LogP contribution >= 0.6 is 0 Å². The van der Waals surface area contributed by atoms with Crippen LogP contribution in [0, 0.1) is 23.7 Å². The molecule has 2 rings (SSSR count). The Kier molecular flexibility index (Phi) is 1.90. The molecule has 11 heavy (non-hydrogen) atoms. The Labute approximate surface area is 67.2 Å². The molecule has 2 aliphatic rings. The van der Waals surface area contributed by atoms with Gasteiger partial charge in [0, 0.05) is 13.2 Å². The second-order valence-corrected chi connectivity index (χ2v) is 4.03. The number of aliphatic hydroxyl groups is 2. The molecule has 0 amide bonds. The van der Waals surface area contributed by atoms with Gasteiger partial charge in [0.1, 0.15) is 0 Å². The summed E-state index contributed by atoms with van der Waals surface area (Å²) in [7, 11) is 0. The van der Waals surface area contributed by atoms with E-state index in [1.807, 2.05) is 0 Å². The number of aliphatic hydroxyl groups excluding tert-OH is 2. The first-order chi connectivity index (χ1) is 5.36. The Balaban J connectivity index is 2.08. The fourth-order valence-electron chi connectivity index (χ4n) is 3.10. The molecule has 0 aromatic heterocycles. The molecule has 2 saturated carbocycles. The molecule has 2 aliphatic carbocycles. The Hall–Kier alpha value is -0.0800. The molecule has 2 fully saturated rings. The number of fused-ring (bicyclic) bond motifs is 2. The van der Waals surface area contributed by atoms with Gasteiger partial charge < -0.3 is 10.2 Å². The van der Waals surface area contributed by atoms with Crippen LogP contribution in [0.4, 0.5) is 0 Å². The predicted octanol–water partition coefficient (Wildman–Crippen LogP) is 0.633. The smallest absolute Gasteiger partial charge is 0.0465 e. The van der Waals surface area contributed by atoms with Crippen molar-refractivity contribution >= 4 is 0 Å². The first-order valence-corrected chi connectivity index (χ1v) is 4.58. The minimum Gasteiger partial charge on any atom is -0.396 e. The Morgan fingerprint density at radius 3 is 1.73 bits per heavy atom. The molecule has 0 heterocycles. The molecule has 2 nitrogen and oxygen atoms in total. The highest BCUT2D eigenvalue weighted by Crippen LogP contribution is 2.51. The van der Waals surface area contributed by atoms with E-state index in [-0.39, 0.29) is 13.2 Å². The summed E-state index contributed by atoms with van der Waals surface area (Å²) in [5.74, 6) is 2.28. The van der Waals surface area contributed by atoms with Gasteiger partial charge in [0.25, 0.3) is 0 Å². The minimum absolute atomic E-state index is 0.284. The fourth-order valence-corrected chi connectivity index (χ4v) is 3.10. The van der Waals surface area contributed by atoms with Gasteiger partial charge in [-0.15, -0.1) is 0 Å². The molecule has 0 radical (unpaired) electrons. The van der Waals surface area contributed by atoms with E-state index in [0.29, 0.717) is 11.8 Å². The number of hydrogen-bond acceptors (Lipinski definition) is 2. The van der Waals surface area contributed by atoms with Crippen molar-refractivity contribution in [2.75, 3.05) is 13.2 Å². The third-order valence-corrected chi connectivity index (χ3v) is 3.70. The summed E-state index contributed by atoms with van der Waals surface area (Å²) in [6, 6.07) is 0. The van der Waals surface area contributed by atoms with Crippen molar-refractivity contribution in [3.63, 3.8) is 0 Å². The maximum Gasteiger partial charge on any atom is 0.0465 e. The van der Waals surface area contributed by atoms with E-state index >= 15 is 0 Å². The average molecular weight is 156 g/mol. The van der Waals surface area contributed by atoms with Crippen LogP contribution in [0.2, 0.25) is 0 Å². The van der Waals surface area contributed by atoms with Crippen molar-refractivity contribution in [1.82, 2.24) is 0 Å². The van der Waals surface area contributed by atoms with Gasteiger partial charge in [-0.3, -0.25) is 0 Å². The van der Waals surface area contributed by atoms with Crippen molar-refractivity contribution in [3.05, 3.63) is 0 Å². The average Bonchev–Trinajstić information content (AvgIpc) is 2.60. The number of hydrogen-bond donors (Lipinski definition) is 2. The molecule has 4 atom stereocenters. The van der Waals surface area contributed by atoms with Gasteiger partial charge in [-0.05, 0) is 42.9 Å². The van der Waals surface area contributed by atoms with Gasteiger partial charge in [-0.1, -0.05) is 0 Å². The quantitative estimate of drug-likeness (QED) is 0.615. The summed E-state index contributed by atoms with van der Waals surface area (Å²) in [6.07, 6.45) is 3.83. The van der Waals surface area contributed by atoms with Crippen LogP contribution in [0.25, 0.3) is 0 Å². The summed E-state index contributed by atoms with van der Waals surface area (Å²) in [5, 5.41) is 18.2. The third-order valence-electron chi connectivity index (χ3n) is 3.70. The predicted molar refractivity (Wildman–Crippen MR) is 42.0 cm³/mol. The lowest BCUT2D eigenvalue weighted by molar-refractivity contribution is 0.0791. The highest BCUT2D eigenvalue weighted by atomic mass is 16.3. The van der Waals surface area contributed by atoms with Gasteiger partial charge in [0.05, 0.1) is 0 Å². The molecule has 64 valence electrons. The maximum absolute atomic E-state index is 9.08. The lowest BCUT2D eigenvalue weighted by atomic mass is 9.80. The fraction of sp³-hybridized carbons (Fsp3) is 1.00. The topological polar surface area (TPSA) is 40.5 Å². The summed E-state index contributed by atoms with van der Waals surface area (Å²) in [6.45, 7) is 0.568. The molecule has 0 unspecified atom stereocenters. The van der Waals surface area contributed by atoms with Crippen LogP contribution < -0.4 is 0 Å². The first-order valence-electron chi connectivity index (χ1n) is 4.58. The van der Waals surface area contributed by atoms with E-state index in [9.17, 15) is 0 Å². The zero-order valence-corrected chi connectivity index (χ0v) is 6.74.